The van der Waals surface area contributed by atoms with Crippen molar-refractivity contribution in [3.05, 3.63) is 17.5 Å². The second-order valence-corrected chi connectivity index (χ2v) is 4.85. The van der Waals surface area contributed by atoms with Gasteiger partial charge in [0, 0.05) is 37.7 Å². The van der Waals surface area contributed by atoms with Gasteiger partial charge in [-0.15, -0.1) is 0 Å². The quantitative estimate of drug-likeness (QED) is 0.868. The first kappa shape index (κ1) is 13.2. The second-order valence-electron chi connectivity index (χ2n) is 4.85. The summed E-state index contributed by atoms with van der Waals surface area (Å²) in [4.78, 5) is 11.2. The molecule has 2 rings (SSSR count). The maximum atomic E-state index is 5.59. The summed E-state index contributed by atoms with van der Waals surface area (Å²) >= 11 is 0. The number of hydrogen-bond acceptors (Lipinski definition) is 5. The molecular weight excluding hydrogens is 228 g/mol. The van der Waals surface area contributed by atoms with Crippen LogP contribution in [0.5, 0.6) is 0 Å². The van der Waals surface area contributed by atoms with E-state index in [1.54, 1.807) is 0 Å². The lowest BCUT2D eigenvalue weighted by atomic mass is 10.1. The lowest BCUT2D eigenvalue weighted by molar-refractivity contribution is 0.118. The van der Waals surface area contributed by atoms with E-state index in [4.69, 9.17) is 4.74 Å². The lowest BCUT2D eigenvalue weighted by Gasteiger charge is -2.27. The first-order valence-electron chi connectivity index (χ1n) is 6.45. The molecule has 0 bridgehead atoms. The number of aromatic nitrogens is 2. The normalized spacial score (nSPS) is 23.3. The lowest BCUT2D eigenvalue weighted by Crippen LogP contribution is -2.38. The number of rotatable bonds is 4. The molecule has 2 heterocycles. The predicted molar refractivity (Wildman–Crippen MR) is 71.8 cm³/mol. The second kappa shape index (κ2) is 5.63. The van der Waals surface area contributed by atoms with Crippen LogP contribution < -0.4 is 10.2 Å². The van der Waals surface area contributed by atoms with Crippen molar-refractivity contribution in [1.82, 2.24) is 15.3 Å². The summed E-state index contributed by atoms with van der Waals surface area (Å²) in [5.74, 6) is 0.787. The van der Waals surface area contributed by atoms with Crippen molar-refractivity contribution in [3.8, 4) is 0 Å². The molecule has 5 nitrogen and oxygen atoms in total. The molecule has 2 unspecified atom stereocenters. The molecule has 1 aliphatic heterocycles. The molecule has 1 saturated heterocycles. The topological polar surface area (TPSA) is 50.3 Å². The summed E-state index contributed by atoms with van der Waals surface area (Å²) in [6, 6.07) is 0.375. The third-order valence-electron chi connectivity index (χ3n) is 3.58. The van der Waals surface area contributed by atoms with Gasteiger partial charge in [0.15, 0.2) is 0 Å². The van der Waals surface area contributed by atoms with Gasteiger partial charge in [-0.1, -0.05) is 0 Å². The fourth-order valence-corrected chi connectivity index (χ4v) is 2.39. The molecule has 0 amide bonds. The van der Waals surface area contributed by atoms with Gasteiger partial charge in [-0.3, -0.25) is 0 Å². The monoisotopic (exact) mass is 250 g/mol. The van der Waals surface area contributed by atoms with E-state index in [9.17, 15) is 0 Å². The molecule has 5 heteroatoms. The van der Waals surface area contributed by atoms with Gasteiger partial charge in [-0.25, -0.2) is 9.97 Å². The molecule has 1 fully saturated rings. The first-order valence-corrected chi connectivity index (χ1v) is 6.45. The molecule has 1 aromatic heterocycles. The first-order chi connectivity index (χ1) is 8.63. The van der Waals surface area contributed by atoms with Crippen molar-refractivity contribution in [3.63, 3.8) is 0 Å². The summed E-state index contributed by atoms with van der Waals surface area (Å²) in [5, 5.41) is 3.12. The van der Waals surface area contributed by atoms with E-state index in [0.717, 1.165) is 36.8 Å². The zero-order chi connectivity index (χ0) is 13.1. The Kier molecular flexibility index (Phi) is 4.14. The largest absolute Gasteiger partial charge is 0.376 e. The van der Waals surface area contributed by atoms with Crippen LogP contribution in [0.1, 0.15) is 24.6 Å². The van der Waals surface area contributed by atoms with Crippen LogP contribution in [0.3, 0.4) is 0 Å². The van der Waals surface area contributed by atoms with Crippen LogP contribution in [-0.2, 0) is 11.3 Å². The van der Waals surface area contributed by atoms with E-state index in [0.29, 0.717) is 6.04 Å². The van der Waals surface area contributed by atoms with Gasteiger partial charge < -0.3 is 15.0 Å². The molecule has 0 spiro atoms. The number of likely N-dealkylation sites (N-methyl/N-ethyl adjacent to an activating group) is 1. The Bertz CT molecular complexity index is 410. The average Bonchev–Trinajstić information content (AvgIpc) is 2.77. The van der Waals surface area contributed by atoms with Crippen LogP contribution in [0, 0.1) is 6.92 Å². The van der Waals surface area contributed by atoms with Crippen LogP contribution in [0.2, 0.25) is 0 Å². The molecular formula is C13H22N4O. The van der Waals surface area contributed by atoms with Crippen molar-refractivity contribution in [2.24, 2.45) is 0 Å². The smallest absolute Gasteiger partial charge is 0.225 e. The van der Waals surface area contributed by atoms with E-state index in [2.05, 4.69) is 27.1 Å². The highest BCUT2D eigenvalue weighted by molar-refractivity contribution is 5.34. The van der Waals surface area contributed by atoms with Gasteiger partial charge in [-0.2, -0.15) is 0 Å². The standard InChI is InChI=1S/C13H22N4O/c1-9-11(7-14-3)8-15-13(16-9)17(4)12-5-6-18-10(12)2/h8,10,12,14H,5-7H2,1-4H3. The Balaban J connectivity index is 2.15. The summed E-state index contributed by atoms with van der Waals surface area (Å²) < 4.78 is 5.59. The third-order valence-corrected chi connectivity index (χ3v) is 3.58. The minimum absolute atomic E-state index is 0.246. The highest BCUT2D eigenvalue weighted by atomic mass is 16.5. The molecule has 1 aliphatic rings. The molecule has 18 heavy (non-hydrogen) atoms. The molecule has 2 atom stereocenters. The fraction of sp³-hybridized carbons (Fsp3) is 0.692. The Morgan fingerprint density at radius 2 is 2.33 bits per heavy atom. The molecule has 0 radical (unpaired) electrons. The number of hydrogen-bond donors (Lipinski definition) is 1. The van der Waals surface area contributed by atoms with E-state index in [1.807, 2.05) is 27.2 Å². The van der Waals surface area contributed by atoms with Crippen LogP contribution in [0.25, 0.3) is 0 Å². The number of aryl methyl sites for hydroxylation is 1. The zero-order valence-corrected chi connectivity index (χ0v) is 11.6. The van der Waals surface area contributed by atoms with Gasteiger partial charge >= 0.3 is 0 Å². The minimum atomic E-state index is 0.246. The Labute approximate surface area is 109 Å². The van der Waals surface area contributed by atoms with Crippen molar-refractivity contribution in [1.29, 1.82) is 0 Å². The van der Waals surface area contributed by atoms with Gasteiger partial charge in [0.25, 0.3) is 0 Å². The van der Waals surface area contributed by atoms with Gasteiger partial charge in [0.2, 0.25) is 5.95 Å². The third kappa shape index (κ3) is 2.62. The Morgan fingerprint density at radius 3 is 2.89 bits per heavy atom. The predicted octanol–water partition coefficient (Wildman–Crippen LogP) is 1.12. The number of nitrogens with one attached hydrogen (secondary N) is 1. The highest BCUT2D eigenvalue weighted by Crippen LogP contribution is 2.22. The minimum Gasteiger partial charge on any atom is -0.376 e. The summed E-state index contributed by atoms with van der Waals surface area (Å²) in [6.07, 6.45) is 3.19. The maximum Gasteiger partial charge on any atom is 0.225 e. The maximum absolute atomic E-state index is 5.59. The molecule has 100 valence electrons. The number of anilines is 1. The molecule has 0 aromatic carbocycles. The van der Waals surface area contributed by atoms with E-state index in [-0.39, 0.29) is 6.10 Å². The number of ether oxygens (including phenoxy) is 1. The molecule has 0 aliphatic carbocycles. The number of nitrogens with zero attached hydrogens (tertiary/aromatic N) is 3. The van der Waals surface area contributed by atoms with Crippen molar-refractivity contribution < 1.29 is 4.74 Å². The molecule has 0 saturated carbocycles. The average molecular weight is 250 g/mol. The van der Waals surface area contributed by atoms with Gasteiger partial charge in [0.1, 0.15) is 0 Å². The van der Waals surface area contributed by atoms with Crippen molar-refractivity contribution in [2.45, 2.75) is 39.0 Å². The fourth-order valence-electron chi connectivity index (χ4n) is 2.39. The highest BCUT2D eigenvalue weighted by Gasteiger charge is 2.29. The Hall–Kier alpha value is -1.20. The molecule has 1 N–H and O–H groups in total. The summed E-state index contributed by atoms with van der Waals surface area (Å²) in [5.41, 5.74) is 2.18. The van der Waals surface area contributed by atoms with Crippen LogP contribution in [0.4, 0.5) is 5.95 Å². The Morgan fingerprint density at radius 1 is 1.56 bits per heavy atom. The van der Waals surface area contributed by atoms with Crippen molar-refractivity contribution >= 4 is 5.95 Å². The van der Waals surface area contributed by atoms with Crippen molar-refractivity contribution in [2.75, 3.05) is 25.6 Å². The van der Waals surface area contributed by atoms with E-state index >= 15 is 0 Å². The molecule has 1 aromatic rings. The van der Waals surface area contributed by atoms with Crippen LogP contribution in [0.15, 0.2) is 6.20 Å². The van der Waals surface area contributed by atoms with Gasteiger partial charge in [0.05, 0.1) is 12.1 Å². The summed E-state index contributed by atoms with van der Waals surface area (Å²) in [7, 11) is 3.97. The zero-order valence-electron chi connectivity index (χ0n) is 11.6. The van der Waals surface area contributed by atoms with Gasteiger partial charge in [-0.05, 0) is 27.3 Å². The van der Waals surface area contributed by atoms with Crippen LogP contribution >= 0.6 is 0 Å². The van der Waals surface area contributed by atoms with E-state index < -0.39 is 0 Å². The van der Waals surface area contributed by atoms with E-state index in [1.165, 1.54) is 0 Å². The van der Waals surface area contributed by atoms with Crippen LogP contribution in [-0.4, -0.2) is 42.8 Å². The SMILES string of the molecule is CNCc1cnc(N(C)C2CCOC2C)nc1C. The summed E-state index contributed by atoms with van der Waals surface area (Å²) in [6.45, 7) is 5.77.